The zero-order valence-electron chi connectivity index (χ0n) is 12.7. The van der Waals surface area contributed by atoms with Gasteiger partial charge in [-0.05, 0) is 12.1 Å². The summed E-state index contributed by atoms with van der Waals surface area (Å²) in [5.41, 5.74) is 43.0. The van der Waals surface area contributed by atoms with Crippen molar-refractivity contribution in [1.82, 2.24) is 0 Å². The van der Waals surface area contributed by atoms with Crippen LogP contribution in [0.3, 0.4) is 0 Å². The van der Waals surface area contributed by atoms with E-state index in [2.05, 4.69) is 0 Å². The van der Waals surface area contributed by atoms with E-state index < -0.39 is 12.1 Å². The van der Waals surface area contributed by atoms with Gasteiger partial charge < -0.3 is 44.9 Å². The fourth-order valence-electron chi connectivity index (χ4n) is 2.80. The van der Waals surface area contributed by atoms with Gasteiger partial charge in [0.25, 0.3) is 0 Å². The minimum Gasteiger partial charge on any atom is -0.483 e. The van der Waals surface area contributed by atoms with Gasteiger partial charge >= 0.3 is 0 Å². The summed E-state index contributed by atoms with van der Waals surface area (Å²) in [6.45, 7) is 0. The maximum absolute atomic E-state index is 12.6. The largest absolute Gasteiger partial charge is 0.483 e. The first kappa shape index (κ1) is 15.6. The van der Waals surface area contributed by atoms with E-state index >= 15 is 0 Å². The number of fused-ring (bicyclic) bond motifs is 1. The molecule has 24 heavy (non-hydrogen) atoms. The topological polar surface area (TPSA) is 208 Å². The van der Waals surface area contributed by atoms with Crippen LogP contribution >= 0.6 is 0 Å². The lowest BCUT2D eigenvalue weighted by Gasteiger charge is -2.32. The van der Waals surface area contributed by atoms with Gasteiger partial charge in [-0.2, -0.15) is 0 Å². The molecule has 2 atom stereocenters. The van der Waals surface area contributed by atoms with Crippen molar-refractivity contribution in [2.24, 2.45) is 5.73 Å². The molecular formula is C15H19N7O2. The molecule has 0 fully saturated rings. The highest BCUT2D eigenvalue weighted by Gasteiger charge is 2.38. The van der Waals surface area contributed by atoms with Gasteiger partial charge in [-0.15, -0.1) is 0 Å². The van der Waals surface area contributed by atoms with Crippen LogP contribution in [0.25, 0.3) is 0 Å². The Morgan fingerprint density at radius 3 is 2.17 bits per heavy atom. The van der Waals surface area contributed by atoms with Gasteiger partial charge in [-0.1, -0.05) is 0 Å². The van der Waals surface area contributed by atoms with E-state index in [1.54, 1.807) is 0 Å². The number of carbonyl (C=O) groups excluding carboxylic acids is 1. The number of rotatable bonds is 1. The van der Waals surface area contributed by atoms with Gasteiger partial charge in [0.2, 0.25) is 0 Å². The van der Waals surface area contributed by atoms with E-state index in [0.29, 0.717) is 11.3 Å². The van der Waals surface area contributed by atoms with Crippen molar-refractivity contribution in [3.8, 4) is 5.75 Å². The number of Topliss-reactive ketones (excluding diaryl/α,β-unsaturated/α-hetero) is 1. The summed E-state index contributed by atoms with van der Waals surface area (Å²) in [6.07, 6.45) is -0.892. The lowest BCUT2D eigenvalue weighted by molar-refractivity contribution is 0.0792. The summed E-state index contributed by atoms with van der Waals surface area (Å²) in [4.78, 5) is 12.6. The lowest BCUT2D eigenvalue weighted by Crippen LogP contribution is -2.43. The molecule has 0 aliphatic carbocycles. The Balaban J connectivity index is 2.16. The minimum absolute atomic E-state index is 0.117. The third kappa shape index (κ3) is 2.10. The number of nitrogens with two attached hydrogens (primary N) is 7. The Labute approximate surface area is 137 Å². The van der Waals surface area contributed by atoms with Gasteiger partial charge in [-0.25, -0.2) is 0 Å². The van der Waals surface area contributed by atoms with E-state index in [0.717, 1.165) is 0 Å². The predicted molar refractivity (Wildman–Crippen MR) is 95.0 cm³/mol. The van der Waals surface area contributed by atoms with Crippen LogP contribution in [-0.2, 0) is 0 Å². The average Bonchev–Trinajstić information content (AvgIpc) is 2.52. The molecule has 0 saturated heterocycles. The molecule has 14 N–H and O–H groups in total. The van der Waals surface area contributed by atoms with Crippen molar-refractivity contribution >= 4 is 39.9 Å². The zero-order chi connectivity index (χ0) is 17.8. The molecule has 1 heterocycles. The molecule has 0 saturated carbocycles. The molecule has 2 unspecified atom stereocenters. The molecule has 0 amide bonds. The quantitative estimate of drug-likeness (QED) is 0.345. The van der Waals surface area contributed by atoms with Crippen molar-refractivity contribution in [2.45, 2.75) is 12.1 Å². The molecule has 3 rings (SSSR count). The van der Waals surface area contributed by atoms with Crippen molar-refractivity contribution in [1.29, 1.82) is 0 Å². The van der Waals surface area contributed by atoms with Crippen LogP contribution in [0.2, 0.25) is 0 Å². The van der Waals surface area contributed by atoms with Crippen molar-refractivity contribution in [3.05, 3.63) is 29.3 Å². The number of carbonyl (C=O) groups is 1. The Morgan fingerprint density at radius 2 is 1.50 bits per heavy atom. The average molecular weight is 329 g/mol. The van der Waals surface area contributed by atoms with E-state index in [9.17, 15) is 4.79 Å². The predicted octanol–water partition coefficient (Wildman–Crippen LogP) is -0.176. The third-order valence-electron chi connectivity index (χ3n) is 4.10. The summed E-state index contributed by atoms with van der Waals surface area (Å²) < 4.78 is 5.86. The Hall–Kier alpha value is -3.33. The second kappa shape index (κ2) is 5.10. The molecule has 0 bridgehead atoms. The Morgan fingerprint density at radius 1 is 0.833 bits per heavy atom. The molecule has 2 aromatic carbocycles. The van der Waals surface area contributed by atoms with Crippen LogP contribution in [-0.4, -0.2) is 11.8 Å². The van der Waals surface area contributed by atoms with E-state index in [-0.39, 0.29) is 45.5 Å². The van der Waals surface area contributed by atoms with Crippen LogP contribution in [0.5, 0.6) is 5.75 Å². The SMILES string of the molecule is Nc1cc(N)c2c(c1)OC(c1cc(N)c(N)c(N)c1N)C(N)C2=O. The highest BCUT2D eigenvalue weighted by Crippen LogP contribution is 2.43. The normalized spacial score (nSPS) is 19.6. The number of hydrogen-bond acceptors (Lipinski definition) is 9. The summed E-state index contributed by atoms with van der Waals surface area (Å²) >= 11 is 0. The summed E-state index contributed by atoms with van der Waals surface area (Å²) in [7, 11) is 0. The standard InChI is InChI=1S/C15H19N7O2/c16-4-1-6(17)9-8(2-4)24-15(13(22)14(9)23)5-3-7(18)11(20)12(21)10(5)19/h1-3,13,15H,16-22H2. The highest BCUT2D eigenvalue weighted by atomic mass is 16.5. The lowest BCUT2D eigenvalue weighted by atomic mass is 9.89. The molecule has 9 nitrogen and oxygen atoms in total. The minimum atomic E-state index is -1.03. The van der Waals surface area contributed by atoms with Gasteiger partial charge in [0, 0.05) is 23.0 Å². The first-order valence-electron chi connectivity index (χ1n) is 7.10. The molecule has 1 aliphatic rings. The maximum Gasteiger partial charge on any atom is 0.189 e. The van der Waals surface area contributed by atoms with Gasteiger partial charge in [0.15, 0.2) is 5.78 Å². The summed E-state index contributed by atoms with van der Waals surface area (Å²) in [6, 6.07) is 3.44. The van der Waals surface area contributed by atoms with Crippen LogP contribution in [0.4, 0.5) is 34.1 Å². The summed E-state index contributed by atoms with van der Waals surface area (Å²) in [5.74, 6) is -0.148. The number of benzene rings is 2. The van der Waals surface area contributed by atoms with Crippen LogP contribution in [0, 0.1) is 0 Å². The smallest absolute Gasteiger partial charge is 0.189 e. The first-order chi connectivity index (χ1) is 11.2. The van der Waals surface area contributed by atoms with Crippen molar-refractivity contribution < 1.29 is 9.53 Å². The molecular weight excluding hydrogens is 310 g/mol. The van der Waals surface area contributed by atoms with Crippen LogP contribution < -0.4 is 44.9 Å². The molecule has 0 aromatic heterocycles. The first-order valence-corrected chi connectivity index (χ1v) is 7.10. The van der Waals surface area contributed by atoms with Crippen LogP contribution in [0.1, 0.15) is 22.0 Å². The van der Waals surface area contributed by atoms with E-state index in [4.69, 9.17) is 44.9 Å². The highest BCUT2D eigenvalue weighted by molar-refractivity contribution is 6.08. The fourth-order valence-corrected chi connectivity index (χ4v) is 2.80. The second-order valence-electron chi connectivity index (χ2n) is 5.71. The molecule has 0 radical (unpaired) electrons. The molecule has 1 aliphatic heterocycles. The van der Waals surface area contributed by atoms with Gasteiger partial charge in [0.05, 0.1) is 28.3 Å². The molecule has 2 aromatic rings. The number of anilines is 6. The molecule has 0 spiro atoms. The Bertz CT molecular complexity index is 866. The maximum atomic E-state index is 12.6. The van der Waals surface area contributed by atoms with Crippen LogP contribution in [0.15, 0.2) is 18.2 Å². The Kier molecular flexibility index (Phi) is 3.31. The molecule has 126 valence electrons. The zero-order valence-corrected chi connectivity index (χ0v) is 12.7. The third-order valence-corrected chi connectivity index (χ3v) is 4.10. The molecule has 9 heteroatoms. The monoisotopic (exact) mass is 329 g/mol. The number of hydrogen-bond donors (Lipinski definition) is 7. The van der Waals surface area contributed by atoms with Crippen molar-refractivity contribution in [3.63, 3.8) is 0 Å². The van der Waals surface area contributed by atoms with E-state index in [1.165, 1.54) is 18.2 Å². The number of nitrogen functional groups attached to an aromatic ring is 6. The number of ketones is 1. The fraction of sp³-hybridized carbons (Fsp3) is 0.133. The van der Waals surface area contributed by atoms with Crippen molar-refractivity contribution in [2.75, 3.05) is 34.4 Å². The van der Waals surface area contributed by atoms with Gasteiger partial charge in [0.1, 0.15) is 17.9 Å². The summed E-state index contributed by atoms with van der Waals surface area (Å²) in [5, 5.41) is 0. The van der Waals surface area contributed by atoms with Gasteiger partial charge in [-0.3, -0.25) is 4.79 Å². The van der Waals surface area contributed by atoms with E-state index in [1.807, 2.05) is 0 Å². The second-order valence-corrected chi connectivity index (χ2v) is 5.71. The number of ether oxygens (including phenoxy) is 1.